The van der Waals surface area contributed by atoms with Gasteiger partial charge in [-0.1, -0.05) is 34.1 Å². The molecule has 0 aromatic rings. The third-order valence-electron chi connectivity index (χ3n) is 15.8. The SMILES string of the molecule is CCCC(OC1CC2(C)CCC34CC35CCC(OC3CN(CC6CN(C(=O)OC(C)(C)C)C6)CCO3)C(C)(C)C5CCC4C2(N)C1)C(O)C(C)(C)O. The van der Waals surface area contributed by atoms with E-state index < -0.39 is 17.3 Å². The molecule has 4 N–H and O–H groups in total. The number of hydrogen-bond donors (Lipinski definition) is 3. The summed E-state index contributed by atoms with van der Waals surface area (Å²) >= 11 is 0. The van der Waals surface area contributed by atoms with E-state index in [4.69, 9.17) is 24.7 Å². The standard InChI is InChI=1S/C42H73N3O7/c1-10-11-29(34(46)38(7,8)48)50-28-20-39(9)16-17-41-26-40(41)15-14-32(37(5,6)30(40)12-13-31(41)42(39,43)21-28)51-33-25-44(18-19-49-33)22-27-23-45(24-27)35(47)52-36(2,3)4/h27-34,46,48H,10-26,43H2,1-9H3. The van der Waals surface area contributed by atoms with Gasteiger partial charge in [-0.2, -0.15) is 0 Å². The smallest absolute Gasteiger partial charge is 0.410 e. The number of rotatable bonds is 10. The van der Waals surface area contributed by atoms with Crippen molar-refractivity contribution >= 4 is 6.09 Å². The highest BCUT2D eigenvalue weighted by Gasteiger charge is 2.82. The largest absolute Gasteiger partial charge is 0.444 e. The lowest BCUT2D eigenvalue weighted by Crippen LogP contribution is -2.65. The predicted octanol–water partition coefficient (Wildman–Crippen LogP) is 6.10. The first kappa shape index (κ1) is 39.2. The van der Waals surface area contributed by atoms with Crippen LogP contribution in [0.3, 0.4) is 0 Å². The number of morpholine rings is 1. The van der Waals surface area contributed by atoms with Crippen LogP contribution in [0.5, 0.6) is 0 Å². The second kappa shape index (κ2) is 13.3. The predicted molar refractivity (Wildman–Crippen MR) is 200 cm³/mol. The van der Waals surface area contributed by atoms with Crippen LogP contribution in [0.2, 0.25) is 0 Å². The molecule has 11 atom stereocenters. The number of ether oxygens (including phenoxy) is 4. The number of amides is 1. The number of fused-ring (bicyclic) bond motifs is 2. The summed E-state index contributed by atoms with van der Waals surface area (Å²) < 4.78 is 25.5. The Balaban J connectivity index is 0.967. The van der Waals surface area contributed by atoms with Crippen molar-refractivity contribution in [3.8, 4) is 0 Å². The summed E-state index contributed by atoms with van der Waals surface area (Å²) in [5.74, 6) is 1.56. The minimum Gasteiger partial charge on any atom is -0.444 e. The molecule has 2 heterocycles. The second-order valence-corrected chi connectivity index (χ2v) is 21.2. The molecule has 52 heavy (non-hydrogen) atoms. The van der Waals surface area contributed by atoms with Crippen LogP contribution in [-0.2, 0) is 18.9 Å². The summed E-state index contributed by atoms with van der Waals surface area (Å²) in [6, 6.07) is 0. The quantitative estimate of drug-likeness (QED) is 0.245. The van der Waals surface area contributed by atoms with Crippen molar-refractivity contribution in [1.82, 2.24) is 9.80 Å². The van der Waals surface area contributed by atoms with Gasteiger partial charge in [0, 0.05) is 44.2 Å². The van der Waals surface area contributed by atoms with E-state index in [1.807, 2.05) is 25.7 Å². The summed E-state index contributed by atoms with van der Waals surface area (Å²) in [6.07, 6.45) is 10.2. The van der Waals surface area contributed by atoms with Crippen LogP contribution < -0.4 is 5.73 Å². The molecule has 5 saturated carbocycles. The molecular weight excluding hydrogens is 658 g/mol. The van der Waals surface area contributed by atoms with E-state index >= 15 is 0 Å². The number of nitrogens with zero attached hydrogens (tertiary/aromatic N) is 2. The van der Waals surface area contributed by atoms with Gasteiger partial charge in [-0.25, -0.2) is 4.79 Å². The van der Waals surface area contributed by atoms with E-state index in [-0.39, 0.29) is 47.1 Å². The van der Waals surface area contributed by atoms with Crippen LogP contribution >= 0.6 is 0 Å². The molecule has 7 fully saturated rings. The van der Waals surface area contributed by atoms with Crippen LogP contribution in [0.1, 0.15) is 133 Å². The molecule has 0 bridgehead atoms. The molecular formula is C42H73N3O7. The van der Waals surface area contributed by atoms with E-state index in [0.717, 1.165) is 71.2 Å². The van der Waals surface area contributed by atoms with E-state index in [9.17, 15) is 15.0 Å². The molecule has 1 amide bonds. The summed E-state index contributed by atoms with van der Waals surface area (Å²) in [7, 11) is 0. The highest BCUT2D eigenvalue weighted by atomic mass is 16.7. The van der Waals surface area contributed by atoms with Crippen molar-refractivity contribution in [2.45, 2.75) is 180 Å². The lowest BCUT2D eigenvalue weighted by molar-refractivity contribution is -0.246. The zero-order valence-electron chi connectivity index (χ0n) is 34.0. The second-order valence-electron chi connectivity index (χ2n) is 21.2. The number of aliphatic hydroxyl groups is 2. The first-order valence-electron chi connectivity index (χ1n) is 21.0. The van der Waals surface area contributed by atoms with Gasteiger partial charge in [0.25, 0.3) is 0 Å². The van der Waals surface area contributed by atoms with Gasteiger partial charge in [-0.3, -0.25) is 4.90 Å². The summed E-state index contributed by atoms with van der Waals surface area (Å²) in [5.41, 5.74) is 6.52. The van der Waals surface area contributed by atoms with Gasteiger partial charge in [-0.15, -0.1) is 0 Å². The van der Waals surface area contributed by atoms with E-state index in [1.54, 1.807) is 13.8 Å². The molecule has 7 rings (SSSR count). The lowest BCUT2D eigenvalue weighted by atomic mass is 9.45. The zero-order chi connectivity index (χ0) is 37.7. The van der Waals surface area contributed by atoms with Gasteiger partial charge in [0.1, 0.15) is 11.7 Å². The van der Waals surface area contributed by atoms with Gasteiger partial charge in [0.05, 0.1) is 30.5 Å². The molecule has 10 heteroatoms. The van der Waals surface area contributed by atoms with Gasteiger partial charge < -0.3 is 39.8 Å². The molecule has 7 aliphatic rings. The Bertz CT molecular complexity index is 1330. The Labute approximate surface area is 314 Å². The van der Waals surface area contributed by atoms with Crippen molar-refractivity contribution in [2.75, 3.05) is 39.3 Å². The Morgan fingerprint density at radius 1 is 0.981 bits per heavy atom. The highest BCUT2D eigenvalue weighted by Crippen LogP contribution is 2.87. The van der Waals surface area contributed by atoms with Crippen molar-refractivity contribution in [3.05, 3.63) is 0 Å². The molecule has 2 aliphatic heterocycles. The number of likely N-dealkylation sites (tertiary alicyclic amines) is 1. The molecule has 2 saturated heterocycles. The minimum absolute atomic E-state index is 0.00923. The number of carbonyl (C=O) groups excluding carboxylic acids is 1. The first-order chi connectivity index (χ1) is 24.2. The van der Waals surface area contributed by atoms with Gasteiger partial charge in [0.2, 0.25) is 0 Å². The topological polar surface area (TPSA) is 127 Å². The van der Waals surface area contributed by atoms with Crippen LogP contribution in [0, 0.1) is 39.4 Å². The van der Waals surface area contributed by atoms with E-state index in [0.29, 0.717) is 35.2 Å². The lowest BCUT2D eigenvalue weighted by Gasteiger charge is -2.62. The summed E-state index contributed by atoms with van der Waals surface area (Å²) in [4.78, 5) is 16.7. The van der Waals surface area contributed by atoms with Gasteiger partial charge in [-0.05, 0) is 132 Å². The van der Waals surface area contributed by atoms with Crippen LogP contribution in [0.4, 0.5) is 4.79 Å². The zero-order valence-corrected chi connectivity index (χ0v) is 34.0. The Hall–Kier alpha value is -1.01. The normalized spacial score (nSPS) is 43.0. The summed E-state index contributed by atoms with van der Waals surface area (Å²) in [6.45, 7) is 23.4. The van der Waals surface area contributed by atoms with Crippen molar-refractivity contribution in [3.63, 3.8) is 0 Å². The summed E-state index contributed by atoms with van der Waals surface area (Å²) in [5, 5.41) is 21.7. The van der Waals surface area contributed by atoms with Gasteiger partial charge >= 0.3 is 6.09 Å². The molecule has 10 nitrogen and oxygen atoms in total. The fourth-order valence-corrected chi connectivity index (χ4v) is 13.2. The fraction of sp³-hybridized carbons (Fsp3) is 0.976. The molecule has 2 spiro atoms. The Morgan fingerprint density at radius 3 is 2.35 bits per heavy atom. The Kier molecular flexibility index (Phi) is 10.0. The maximum Gasteiger partial charge on any atom is 0.410 e. The number of carbonyl (C=O) groups is 1. The monoisotopic (exact) mass is 732 g/mol. The fourth-order valence-electron chi connectivity index (χ4n) is 13.2. The molecule has 0 aromatic heterocycles. The maximum absolute atomic E-state index is 12.4. The maximum atomic E-state index is 12.4. The van der Waals surface area contributed by atoms with Crippen LogP contribution in [0.15, 0.2) is 0 Å². The van der Waals surface area contributed by atoms with Crippen LogP contribution in [0.25, 0.3) is 0 Å². The van der Waals surface area contributed by atoms with E-state index in [1.165, 1.54) is 32.1 Å². The van der Waals surface area contributed by atoms with Crippen molar-refractivity contribution < 1.29 is 34.0 Å². The minimum atomic E-state index is -1.21. The molecule has 11 unspecified atom stereocenters. The number of nitrogens with two attached hydrogens (primary N) is 1. The number of hydrogen-bond acceptors (Lipinski definition) is 9. The Morgan fingerprint density at radius 2 is 1.67 bits per heavy atom. The number of aliphatic hydroxyl groups excluding tert-OH is 1. The molecule has 5 aliphatic carbocycles. The average Bonchev–Trinajstić information content (AvgIpc) is 3.60. The molecule has 298 valence electrons. The highest BCUT2D eigenvalue weighted by molar-refractivity contribution is 5.69. The van der Waals surface area contributed by atoms with Crippen molar-refractivity contribution in [1.29, 1.82) is 0 Å². The van der Waals surface area contributed by atoms with Crippen molar-refractivity contribution in [2.24, 2.45) is 45.1 Å². The van der Waals surface area contributed by atoms with Crippen LogP contribution in [-0.4, -0.2) is 113 Å². The van der Waals surface area contributed by atoms with E-state index in [2.05, 4.69) is 32.6 Å². The first-order valence-corrected chi connectivity index (χ1v) is 21.0. The molecule has 0 radical (unpaired) electrons. The average molecular weight is 732 g/mol. The molecule has 0 aromatic carbocycles. The third-order valence-corrected chi connectivity index (χ3v) is 15.8. The third kappa shape index (κ3) is 6.58. The van der Waals surface area contributed by atoms with Gasteiger partial charge in [0.15, 0.2) is 6.29 Å².